The lowest BCUT2D eigenvalue weighted by molar-refractivity contribution is -0.274. The Hall–Kier alpha value is -2.21. The van der Waals surface area contributed by atoms with Crippen LogP contribution in [0.15, 0.2) is 48.5 Å². The average Bonchev–Trinajstić information content (AvgIpc) is 2.48. The first-order valence-electron chi connectivity index (χ1n) is 6.60. The van der Waals surface area contributed by atoms with Gasteiger partial charge in [-0.05, 0) is 42.0 Å². The van der Waals surface area contributed by atoms with Gasteiger partial charge in [-0.2, -0.15) is 0 Å². The molecule has 0 saturated carbocycles. The van der Waals surface area contributed by atoms with Crippen LogP contribution in [0.5, 0.6) is 5.75 Å². The molecule has 0 aliphatic carbocycles. The summed E-state index contributed by atoms with van der Waals surface area (Å²) >= 11 is 5.79. The molecule has 7 heteroatoms. The summed E-state index contributed by atoms with van der Waals surface area (Å²) in [6.45, 7) is 0.358. The molecule has 23 heavy (non-hydrogen) atoms. The highest BCUT2D eigenvalue weighted by Gasteiger charge is 2.31. The minimum Gasteiger partial charge on any atom is -0.406 e. The molecule has 1 amide bonds. The maximum absolute atomic E-state index is 12.2. The van der Waals surface area contributed by atoms with Crippen LogP contribution in [0.25, 0.3) is 0 Å². The third-order valence-corrected chi connectivity index (χ3v) is 3.27. The number of carbonyl (C=O) groups is 1. The summed E-state index contributed by atoms with van der Waals surface area (Å²) in [5.41, 5.74) is 1.17. The fourth-order valence-electron chi connectivity index (χ4n) is 1.96. The number of alkyl halides is 3. The van der Waals surface area contributed by atoms with Gasteiger partial charge in [0.15, 0.2) is 0 Å². The molecule has 0 saturated heterocycles. The molecule has 0 spiro atoms. The minimum absolute atomic E-state index is 0.274. The van der Waals surface area contributed by atoms with E-state index < -0.39 is 6.36 Å². The Morgan fingerprint density at radius 2 is 1.65 bits per heavy atom. The van der Waals surface area contributed by atoms with Crippen LogP contribution >= 0.6 is 11.6 Å². The van der Waals surface area contributed by atoms with Crippen molar-refractivity contribution in [1.82, 2.24) is 4.90 Å². The molecular formula is C16H13ClF3NO2. The Balaban J connectivity index is 2.03. The predicted octanol–water partition coefficient (Wildman–Crippen LogP) is 4.51. The van der Waals surface area contributed by atoms with Gasteiger partial charge in [-0.25, -0.2) is 0 Å². The predicted molar refractivity (Wildman–Crippen MR) is 80.4 cm³/mol. The van der Waals surface area contributed by atoms with Crippen molar-refractivity contribution in [2.75, 3.05) is 7.05 Å². The third kappa shape index (κ3) is 5.17. The quantitative estimate of drug-likeness (QED) is 0.817. The summed E-state index contributed by atoms with van der Waals surface area (Å²) in [6.07, 6.45) is -4.75. The van der Waals surface area contributed by atoms with Crippen molar-refractivity contribution < 1.29 is 22.7 Å². The van der Waals surface area contributed by atoms with Gasteiger partial charge in [0, 0.05) is 24.2 Å². The molecule has 0 heterocycles. The first kappa shape index (κ1) is 17.1. The summed E-state index contributed by atoms with van der Waals surface area (Å²) in [5, 5.41) is 0.600. The van der Waals surface area contributed by atoms with Crippen molar-refractivity contribution in [2.24, 2.45) is 0 Å². The Bertz CT molecular complexity index is 669. The number of ether oxygens (including phenoxy) is 1. The van der Waals surface area contributed by atoms with Crippen molar-refractivity contribution in [2.45, 2.75) is 12.9 Å². The second-order valence-corrected chi connectivity index (χ2v) is 5.30. The molecule has 0 fully saturated rings. The number of amides is 1. The molecule has 0 aliphatic heterocycles. The molecule has 0 aromatic heterocycles. The van der Waals surface area contributed by atoms with Crippen molar-refractivity contribution in [3.8, 4) is 5.75 Å². The first-order valence-corrected chi connectivity index (χ1v) is 6.98. The van der Waals surface area contributed by atoms with Crippen LogP contribution < -0.4 is 4.74 Å². The highest BCUT2D eigenvalue weighted by Crippen LogP contribution is 2.23. The fraction of sp³-hybridized carbons (Fsp3) is 0.188. The van der Waals surface area contributed by atoms with Crippen molar-refractivity contribution in [3.63, 3.8) is 0 Å². The maximum Gasteiger partial charge on any atom is 0.573 e. The van der Waals surface area contributed by atoms with E-state index in [1.165, 1.54) is 17.0 Å². The summed E-state index contributed by atoms with van der Waals surface area (Å²) < 4.78 is 40.0. The third-order valence-electron chi connectivity index (χ3n) is 3.01. The van der Waals surface area contributed by atoms with E-state index in [2.05, 4.69) is 4.74 Å². The summed E-state index contributed by atoms with van der Waals surface area (Å²) in [5.74, 6) is -0.673. The monoisotopic (exact) mass is 343 g/mol. The van der Waals surface area contributed by atoms with Crippen molar-refractivity contribution in [1.29, 1.82) is 0 Å². The molecule has 122 valence electrons. The zero-order valence-electron chi connectivity index (χ0n) is 12.1. The topological polar surface area (TPSA) is 29.5 Å². The maximum atomic E-state index is 12.2. The van der Waals surface area contributed by atoms with Crippen molar-refractivity contribution in [3.05, 3.63) is 64.7 Å². The molecule has 0 unspecified atom stereocenters. The van der Waals surface area contributed by atoms with Crippen LogP contribution in [0.1, 0.15) is 15.9 Å². The van der Waals surface area contributed by atoms with Gasteiger partial charge in [0.05, 0.1) is 0 Å². The second-order valence-electron chi connectivity index (χ2n) is 4.86. The van der Waals surface area contributed by atoms with Gasteiger partial charge in [0.25, 0.3) is 5.91 Å². The Kier molecular flexibility index (Phi) is 5.15. The molecule has 0 N–H and O–H groups in total. The van der Waals surface area contributed by atoms with Gasteiger partial charge < -0.3 is 9.64 Å². The number of benzene rings is 2. The smallest absolute Gasteiger partial charge is 0.406 e. The van der Waals surface area contributed by atoms with Crippen LogP contribution in [-0.4, -0.2) is 24.2 Å². The fourth-order valence-corrected chi connectivity index (χ4v) is 2.08. The molecule has 0 bridgehead atoms. The van der Waals surface area contributed by atoms with E-state index in [0.29, 0.717) is 11.6 Å². The van der Waals surface area contributed by atoms with E-state index >= 15 is 0 Å². The number of halogens is 4. The number of carbonyl (C=O) groups excluding carboxylic acids is 1. The number of hydrogen-bond donors (Lipinski definition) is 0. The van der Waals surface area contributed by atoms with Crippen molar-refractivity contribution >= 4 is 17.5 Å². The Morgan fingerprint density at radius 3 is 2.17 bits per heavy atom. The van der Waals surface area contributed by atoms with E-state index in [4.69, 9.17) is 11.6 Å². The summed E-state index contributed by atoms with van der Waals surface area (Å²) in [4.78, 5) is 13.7. The second kappa shape index (κ2) is 6.91. The van der Waals surface area contributed by atoms with Gasteiger partial charge in [-0.3, -0.25) is 4.79 Å². The standard InChI is InChI=1S/C16H13ClF3NO2/c1-21(10-11-2-6-13(17)7-3-11)15(22)12-4-8-14(9-5-12)23-16(18,19)20/h2-9H,10H2,1H3. The molecule has 2 rings (SSSR count). The van der Waals surface area contributed by atoms with Crippen LogP contribution in [0.4, 0.5) is 13.2 Å². The first-order chi connectivity index (χ1) is 10.7. The Labute approximate surface area is 136 Å². The lowest BCUT2D eigenvalue weighted by Crippen LogP contribution is -2.26. The molecule has 0 aliphatic rings. The van der Waals surface area contributed by atoms with Crippen LogP contribution in [-0.2, 0) is 6.54 Å². The largest absolute Gasteiger partial charge is 0.573 e. The highest BCUT2D eigenvalue weighted by molar-refractivity contribution is 6.30. The molecule has 0 atom stereocenters. The lowest BCUT2D eigenvalue weighted by atomic mass is 10.1. The van der Waals surface area contributed by atoms with Gasteiger partial charge in [0.2, 0.25) is 0 Å². The highest BCUT2D eigenvalue weighted by atomic mass is 35.5. The van der Waals surface area contributed by atoms with E-state index in [1.807, 2.05) is 0 Å². The van der Waals surface area contributed by atoms with Gasteiger partial charge in [-0.1, -0.05) is 23.7 Å². The molecule has 3 nitrogen and oxygen atoms in total. The number of nitrogens with zero attached hydrogens (tertiary/aromatic N) is 1. The lowest BCUT2D eigenvalue weighted by Gasteiger charge is -2.17. The molecular weight excluding hydrogens is 331 g/mol. The van der Waals surface area contributed by atoms with E-state index in [9.17, 15) is 18.0 Å². The van der Waals surface area contributed by atoms with E-state index in [-0.39, 0.29) is 17.2 Å². The average molecular weight is 344 g/mol. The molecule has 2 aromatic carbocycles. The van der Waals surface area contributed by atoms with Gasteiger partial charge in [0.1, 0.15) is 5.75 Å². The number of rotatable bonds is 4. The SMILES string of the molecule is CN(Cc1ccc(Cl)cc1)C(=O)c1ccc(OC(F)(F)F)cc1. The summed E-state index contributed by atoms with van der Waals surface area (Å²) in [7, 11) is 1.61. The van der Waals surface area contributed by atoms with Crippen LogP contribution in [0.3, 0.4) is 0 Å². The van der Waals surface area contributed by atoms with E-state index in [1.54, 1.807) is 31.3 Å². The number of hydrogen-bond acceptors (Lipinski definition) is 2. The molecule has 2 aromatic rings. The normalized spacial score (nSPS) is 11.2. The van der Waals surface area contributed by atoms with Gasteiger partial charge >= 0.3 is 6.36 Å². The van der Waals surface area contributed by atoms with Gasteiger partial charge in [-0.15, -0.1) is 13.2 Å². The van der Waals surface area contributed by atoms with Crippen LogP contribution in [0.2, 0.25) is 5.02 Å². The zero-order valence-corrected chi connectivity index (χ0v) is 12.9. The Morgan fingerprint density at radius 1 is 1.09 bits per heavy atom. The minimum atomic E-state index is -4.75. The summed E-state index contributed by atoms with van der Waals surface area (Å²) in [6, 6.07) is 11.8. The van der Waals surface area contributed by atoms with Crippen LogP contribution in [0, 0.1) is 0 Å². The molecule has 0 radical (unpaired) electrons. The zero-order chi connectivity index (χ0) is 17.0. The van der Waals surface area contributed by atoms with E-state index in [0.717, 1.165) is 17.7 Å².